The van der Waals surface area contributed by atoms with Gasteiger partial charge in [-0.05, 0) is 70.2 Å². The van der Waals surface area contributed by atoms with Gasteiger partial charge in [0.1, 0.15) is 10.7 Å². The zero-order valence-corrected chi connectivity index (χ0v) is 20.6. The van der Waals surface area contributed by atoms with Crippen LogP contribution in [0.3, 0.4) is 0 Å². The highest BCUT2D eigenvalue weighted by atomic mass is 32.2. The van der Waals surface area contributed by atoms with Gasteiger partial charge in [0.25, 0.3) is 0 Å². The molecule has 0 bridgehead atoms. The van der Waals surface area contributed by atoms with E-state index in [2.05, 4.69) is 30.3 Å². The van der Waals surface area contributed by atoms with Crippen LogP contribution in [0.25, 0.3) is 10.6 Å². The maximum absolute atomic E-state index is 6.22. The zero-order chi connectivity index (χ0) is 22.6. The molecule has 1 saturated heterocycles. The molecular weight excluding hydrogens is 454 g/mol. The molecule has 2 fully saturated rings. The number of nitrogens with zero attached hydrogens (tertiary/aromatic N) is 4. The van der Waals surface area contributed by atoms with Crippen molar-refractivity contribution in [2.45, 2.75) is 45.6 Å². The van der Waals surface area contributed by atoms with Crippen LogP contribution in [-0.2, 0) is 0 Å². The summed E-state index contributed by atoms with van der Waals surface area (Å²) in [6.45, 7) is 5.93. The Bertz CT molecular complexity index is 1100. The van der Waals surface area contributed by atoms with Crippen molar-refractivity contribution in [1.82, 2.24) is 25.3 Å². The van der Waals surface area contributed by atoms with Crippen molar-refractivity contribution in [1.29, 1.82) is 0 Å². The maximum Gasteiger partial charge on any atom is 0.240 e. The van der Waals surface area contributed by atoms with E-state index in [9.17, 15) is 0 Å². The van der Waals surface area contributed by atoms with E-state index >= 15 is 0 Å². The SMILES string of the molecule is Cc1nc(Oc2ccc(NSCC3CC3)nc2C)c(-c2ccnc(NC3CCCNC3)n2)s1. The number of ether oxygens (including phenoxy) is 1. The van der Waals surface area contributed by atoms with E-state index < -0.39 is 0 Å². The van der Waals surface area contributed by atoms with Gasteiger partial charge in [0, 0.05) is 24.5 Å². The Morgan fingerprint density at radius 3 is 2.85 bits per heavy atom. The number of pyridine rings is 1. The van der Waals surface area contributed by atoms with Crippen LogP contribution in [0.1, 0.15) is 36.4 Å². The highest BCUT2D eigenvalue weighted by Gasteiger charge is 2.21. The number of thiazole rings is 1. The minimum Gasteiger partial charge on any atom is -0.436 e. The van der Waals surface area contributed by atoms with Crippen LogP contribution in [-0.4, -0.2) is 44.8 Å². The van der Waals surface area contributed by atoms with Crippen LogP contribution >= 0.6 is 23.3 Å². The fourth-order valence-electron chi connectivity index (χ4n) is 3.69. The van der Waals surface area contributed by atoms with Gasteiger partial charge in [0.05, 0.1) is 16.4 Å². The van der Waals surface area contributed by atoms with E-state index in [-0.39, 0.29) is 0 Å². The lowest BCUT2D eigenvalue weighted by Gasteiger charge is -2.23. The number of rotatable bonds is 9. The van der Waals surface area contributed by atoms with Gasteiger partial charge in [-0.1, -0.05) is 11.9 Å². The second-order valence-electron chi connectivity index (χ2n) is 8.56. The minimum absolute atomic E-state index is 0.344. The third-order valence-corrected chi connectivity index (χ3v) is 7.62. The molecule has 1 atom stereocenters. The molecule has 4 heterocycles. The van der Waals surface area contributed by atoms with Crippen LogP contribution in [0, 0.1) is 19.8 Å². The van der Waals surface area contributed by atoms with Gasteiger partial charge in [-0.3, -0.25) is 0 Å². The topological polar surface area (TPSA) is 96.9 Å². The van der Waals surface area contributed by atoms with E-state index in [1.807, 2.05) is 32.0 Å². The molecule has 3 N–H and O–H groups in total. The Morgan fingerprint density at radius 1 is 1.15 bits per heavy atom. The van der Waals surface area contributed by atoms with Gasteiger partial charge in [0.15, 0.2) is 5.75 Å². The smallest absolute Gasteiger partial charge is 0.240 e. The van der Waals surface area contributed by atoms with Crippen LogP contribution in [0.2, 0.25) is 0 Å². The molecule has 5 rings (SSSR count). The van der Waals surface area contributed by atoms with Crippen molar-refractivity contribution in [2.24, 2.45) is 5.92 Å². The Morgan fingerprint density at radius 2 is 2.06 bits per heavy atom. The Hall–Kier alpha value is -2.43. The lowest BCUT2D eigenvalue weighted by molar-refractivity contribution is 0.461. The summed E-state index contributed by atoms with van der Waals surface area (Å²) in [5.74, 6) is 4.73. The molecule has 10 heteroatoms. The first-order valence-corrected chi connectivity index (χ1v) is 13.3. The summed E-state index contributed by atoms with van der Waals surface area (Å²) in [6.07, 6.45) is 6.76. The van der Waals surface area contributed by atoms with E-state index in [0.29, 0.717) is 23.6 Å². The number of hydrogen-bond acceptors (Lipinski definition) is 10. The van der Waals surface area contributed by atoms with Gasteiger partial charge in [-0.25, -0.2) is 19.9 Å². The average molecular weight is 484 g/mol. The number of anilines is 2. The first-order valence-electron chi connectivity index (χ1n) is 11.5. The molecule has 3 aromatic rings. The second kappa shape index (κ2) is 10.2. The highest BCUT2D eigenvalue weighted by molar-refractivity contribution is 8.00. The Kier molecular flexibility index (Phi) is 6.93. The molecular formula is C23H29N7OS2. The van der Waals surface area contributed by atoms with Gasteiger partial charge < -0.3 is 20.1 Å². The Balaban J connectivity index is 1.30. The van der Waals surface area contributed by atoms with Gasteiger partial charge >= 0.3 is 0 Å². The average Bonchev–Trinajstić information content (AvgIpc) is 3.57. The monoisotopic (exact) mass is 483 g/mol. The normalized spacial score (nSPS) is 18.2. The molecule has 0 amide bonds. The van der Waals surface area contributed by atoms with Gasteiger partial charge in [-0.2, -0.15) is 0 Å². The van der Waals surface area contributed by atoms with Gasteiger partial charge in [-0.15, -0.1) is 11.3 Å². The summed E-state index contributed by atoms with van der Waals surface area (Å²) in [5, 5.41) is 7.78. The molecule has 1 aliphatic carbocycles. The molecule has 1 unspecified atom stereocenters. The zero-order valence-electron chi connectivity index (χ0n) is 18.9. The van der Waals surface area contributed by atoms with E-state index in [1.165, 1.54) is 12.8 Å². The fourth-order valence-corrected chi connectivity index (χ4v) is 5.42. The first kappa shape index (κ1) is 22.4. The summed E-state index contributed by atoms with van der Waals surface area (Å²) in [6, 6.07) is 6.14. The molecule has 2 aliphatic rings. The second-order valence-corrected chi connectivity index (χ2v) is 10.6. The largest absolute Gasteiger partial charge is 0.436 e. The third kappa shape index (κ3) is 5.93. The van der Waals surface area contributed by atoms with Crippen molar-refractivity contribution < 1.29 is 4.74 Å². The molecule has 1 saturated carbocycles. The summed E-state index contributed by atoms with van der Waals surface area (Å²) < 4.78 is 9.56. The Labute approximate surface area is 202 Å². The minimum atomic E-state index is 0.344. The molecule has 0 spiro atoms. The molecule has 8 nitrogen and oxygen atoms in total. The molecule has 33 heavy (non-hydrogen) atoms. The standard InChI is InChI=1S/C23H29N7OS2/c1-14-19(7-8-20(26-14)30-32-13-16-5-6-16)31-22-21(33-15(2)27-22)18-9-11-25-23(29-18)28-17-4-3-10-24-12-17/h7-9,11,16-17,24H,3-6,10,12-13H2,1-2H3,(H,26,30)(H,25,28,29). The molecule has 3 aromatic heterocycles. The van der Waals surface area contributed by atoms with Crippen LogP contribution < -0.4 is 20.1 Å². The first-order chi connectivity index (χ1) is 16.1. The van der Waals surface area contributed by atoms with E-state index in [1.54, 1.807) is 29.5 Å². The van der Waals surface area contributed by atoms with E-state index in [0.717, 1.165) is 64.7 Å². The predicted molar refractivity (Wildman–Crippen MR) is 135 cm³/mol. The summed E-state index contributed by atoms with van der Waals surface area (Å²) >= 11 is 3.29. The summed E-state index contributed by atoms with van der Waals surface area (Å²) in [4.78, 5) is 19.3. The van der Waals surface area contributed by atoms with Crippen molar-refractivity contribution in [3.05, 3.63) is 35.1 Å². The van der Waals surface area contributed by atoms with Crippen molar-refractivity contribution in [3.63, 3.8) is 0 Å². The third-order valence-electron chi connectivity index (χ3n) is 5.66. The molecule has 1 aliphatic heterocycles. The molecule has 174 valence electrons. The van der Waals surface area contributed by atoms with Crippen molar-refractivity contribution >= 4 is 35.1 Å². The fraction of sp³-hybridized carbons (Fsp3) is 0.478. The number of piperidine rings is 1. The lowest BCUT2D eigenvalue weighted by Crippen LogP contribution is -2.38. The quantitative estimate of drug-likeness (QED) is 0.362. The van der Waals surface area contributed by atoms with Crippen LogP contribution in [0.5, 0.6) is 11.6 Å². The number of aromatic nitrogens is 4. The van der Waals surface area contributed by atoms with Crippen LogP contribution in [0.15, 0.2) is 24.4 Å². The predicted octanol–water partition coefficient (Wildman–Crippen LogP) is 5.04. The maximum atomic E-state index is 6.22. The summed E-state index contributed by atoms with van der Waals surface area (Å²) in [5.41, 5.74) is 1.62. The number of nitrogens with one attached hydrogen (secondary N) is 3. The van der Waals surface area contributed by atoms with Crippen molar-refractivity contribution in [3.8, 4) is 22.2 Å². The number of aryl methyl sites for hydroxylation is 2. The van der Waals surface area contributed by atoms with Gasteiger partial charge in [0.2, 0.25) is 11.8 Å². The lowest BCUT2D eigenvalue weighted by atomic mass is 10.1. The number of hydrogen-bond donors (Lipinski definition) is 3. The van der Waals surface area contributed by atoms with E-state index in [4.69, 9.17) is 9.72 Å². The highest BCUT2D eigenvalue weighted by Crippen LogP contribution is 2.38. The van der Waals surface area contributed by atoms with Crippen LogP contribution in [0.4, 0.5) is 11.8 Å². The molecule has 0 aromatic carbocycles. The van der Waals surface area contributed by atoms with Crippen molar-refractivity contribution in [2.75, 3.05) is 28.9 Å². The molecule has 0 radical (unpaired) electrons. The summed E-state index contributed by atoms with van der Waals surface area (Å²) in [7, 11) is 0.